The monoisotopic (exact) mass is 445 g/mol. The zero-order chi connectivity index (χ0) is 22.9. The van der Waals surface area contributed by atoms with Crippen LogP contribution >= 0.6 is 0 Å². The van der Waals surface area contributed by atoms with Crippen LogP contribution in [0.15, 0.2) is 59.4 Å². The standard InChI is InChI=1S/C22H19N7O4/c1-13-5-7-15(8-6-13)25-22(30)28-11-18-17(23-12-24-18)10-19(28)21-26-20(27-33-21)14-3-2-4-16(9-14)29(31)32/h2-9,12,19H,10-11H2,1H3,(H,23,24)(H,25,30)/t19-/m0/s1. The maximum atomic E-state index is 13.2. The number of hydrogen-bond acceptors (Lipinski definition) is 7. The topological polar surface area (TPSA) is 143 Å². The number of carbonyl (C=O) groups excluding carboxylic acids is 1. The molecule has 5 rings (SSSR count). The van der Waals surface area contributed by atoms with Gasteiger partial charge in [-0.3, -0.25) is 10.1 Å². The number of rotatable bonds is 4. The van der Waals surface area contributed by atoms with Crippen LogP contribution in [0.25, 0.3) is 11.4 Å². The first kappa shape index (κ1) is 20.4. The molecule has 11 heteroatoms. The predicted molar refractivity (Wildman–Crippen MR) is 117 cm³/mol. The first-order valence-electron chi connectivity index (χ1n) is 10.2. The molecule has 11 nitrogen and oxygen atoms in total. The predicted octanol–water partition coefficient (Wildman–Crippen LogP) is 4.01. The molecule has 0 spiro atoms. The molecular weight excluding hydrogens is 426 g/mol. The van der Waals surface area contributed by atoms with Gasteiger partial charge in [-0.05, 0) is 19.1 Å². The molecule has 0 bridgehead atoms. The quantitative estimate of drug-likeness (QED) is 0.357. The van der Waals surface area contributed by atoms with E-state index in [1.807, 2.05) is 31.2 Å². The van der Waals surface area contributed by atoms with Crippen LogP contribution in [-0.2, 0) is 13.0 Å². The van der Waals surface area contributed by atoms with Crippen molar-refractivity contribution in [1.29, 1.82) is 0 Å². The van der Waals surface area contributed by atoms with Crippen LogP contribution in [0.3, 0.4) is 0 Å². The summed E-state index contributed by atoms with van der Waals surface area (Å²) in [5.41, 5.74) is 3.79. The highest BCUT2D eigenvalue weighted by molar-refractivity contribution is 5.89. The second-order valence-electron chi connectivity index (χ2n) is 7.74. The summed E-state index contributed by atoms with van der Waals surface area (Å²) < 4.78 is 5.51. The first-order valence-corrected chi connectivity index (χ1v) is 10.2. The Labute approximate surface area is 187 Å². The largest absolute Gasteiger partial charge is 0.347 e. The highest BCUT2D eigenvalue weighted by atomic mass is 16.6. The third-order valence-electron chi connectivity index (χ3n) is 5.50. The van der Waals surface area contributed by atoms with Gasteiger partial charge in [-0.15, -0.1) is 0 Å². The van der Waals surface area contributed by atoms with Crippen molar-refractivity contribution in [2.75, 3.05) is 5.32 Å². The van der Waals surface area contributed by atoms with Crippen molar-refractivity contribution < 1.29 is 14.2 Å². The molecule has 2 amide bonds. The van der Waals surface area contributed by atoms with Crippen LogP contribution in [0.1, 0.15) is 28.9 Å². The highest BCUT2D eigenvalue weighted by Crippen LogP contribution is 2.33. The Morgan fingerprint density at radius 1 is 1.27 bits per heavy atom. The van der Waals surface area contributed by atoms with E-state index in [4.69, 9.17) is 4.52 Å². The van der Waals surface area contributed by atoms with Crippen LogP contribution in [0.2, 0.25) is 0 Å². The van der Waals surface area contributed by atoms with Crippen LogP contribution < -0.4 is 5.32 Å². The second kappa shape index (κ2) is 8.19. The molecule has 0 saturated carbocycles. The number of anilines is 1. The Morgan fingerprint density at radius 2 is 2.09 bits per heavy atom. The smallest absolute Gasteiger partial charge is 0.322 e. The van der Waals surface area contributed by atoms with Crippen molar-refractivity contribution in [3.8, 4) is 11.4 Å². The number of nitrogens with one attached hydrogen (secondary N) is 2. The number of benzene rings is 2. The van der Waals surface area contributed by atoms with E-state index < -0.39 is 11.0 Å². The zero-order valence-corrected chi connectivity index (χ0v) is 17.6. The Bertz CT molecular complexity index is 1330. The molecule has 2 aromatic carbocycles. The SMILES string of the molecule is Cc1ccc(NC(=O)N2Cc3[nH]cnc3C[C@H]2c2nc(-c3cccc([N+](=O)[O-])c3)no2)cc1. The maximum absolute atomic E-state index is 13.2. The molecule has 0 aliphatic carbocycles. The van der Waals surface area contributed by atoms with Gasteiger partial charge in [0.05, 0.1) is 29.2 Å². The fourth-order valence-corrected chi connectivity index (χ4v) is 3.75. The number of fused-ring (bicyclic) bond motifs is 1. The molecule has 33 heavy (non-hydrogen) atoms. The van der Waals surface area contributed by atoms with Crippen molar-refractivity contribution in [3.63, 3.8) is 0 Å². The summed E-state index contributed by atoms with van der Waals surface area (Å²) in [6.07, 6.45) is 1.97. The molecule has 0 fully saturated rings. The van der Waals surface area contributed by atoms with Gasteiger partial charge in [-0.2, -0.15) is 4.98 Å². The number of urea groups is 1. The summed E-state index contributed by atoms with van der Waals surface area (Å²) in [6, 6.07) is 12.6. The number of non-ortho nitro benzene ring substituents is 1. The Morgan fingerprint density at radius 3 is 2.88 bits per heavy atom. The van der Waals surface area contributed by atoms with Crippen LogP contribution in [-0.4, -0.2) is 36.0 Å². The van der Waals surface area contributed by atoms with Crippen molar-refractivity contribution in [1.82, 2.24) is 25.0 Å². The number of aromatic nitrogens is 4. The number of carbonyl (C=O) groups is 1. The van der Waals surface area contributed by atoms with E-state index in [0.29, 0.717) is 17.7 Å². The van der Waals surface area contributed by atoms with Crippen molar-refractivity contribution in [2.45, 2.75) is 25.9 Å². The molecule has 4 aromatic rings. The van der Waals surface area contributed by atoms with Crippen molar-refractivity contribution in [2.24, 2.45) is 0 Å². The van der Waals surface area contributed by atoms with Gasteiger partial charge in [0.1, 0.15) is 6.04 Å². The molecule has 3 heterocycles. The number of aromatic amines is 1. The van der Waals surface area contributed by atoms with Crippen LogP contribution in [0, 0.1) is 17.0 Å². The van der Waals surface area contributed by atoms with Gasteiger partial charge in [-0.1, -0.05) is 35.0 Å². The summed E-state index contributed by atoms with van der Waals surface area (Å²) in [5, 5.41) is 18.0. The number of H-pyrrole nitrogens is 1. The van der Waals surface area contributed by atoms with Crippen molar-refractivity contribution >= 4 is 17.4 Å². The first-order chi connectivity index (χ1) is 16.0. The molecule has 166 valence electrons. The number of hydrogen-bond donors (Lipinski definition) is 2. The summed E-state index contributed by atoms with van der Waals surface area (Å²) in [7, 11) is 0. The number of nitro groups is 1. The number of imidazole rings is 1. The molecule has 0 radical (unpaired) electrons. The fraction of sp³-hybridized carbons (Fsp3) is 0.182. The summed E-state index contributed by atoms with van der Waals surface area (Å²) >= 11 is 0. The summed E-state index contributed by atoms with van der Waals surface area (Å²) in [6.45, 7) is 2.26. The zero-order valence-electron chi connectivity index (χ0n) is 17.6. The number of amides is 2. The average Bonchev–Trinajstić information content (AvgIpc) is 3.49. The Kier molecular flexibility index (Phi) is 5.05. The van der Waals surface area contributed by atoms with E-state index in [2.05, 4.69) is 25.4 Å². The Balaban J connectivity index is 1.45. The lowest BCUT2D eigenvalue weighted by Crippen LogP contribution is -2.41. The number of nitrogens with zero attached hydrogens (tertiary/aromatic N) is 5. The lowest BCUT2D eigenvalue weighted by atomic mass is 10.0. The van der Waals surface area contributed by atoms with E-state index in [-0.39, 0.29) is 30.0 Å². The molecule has 1 atom stereocenters. The third-order valence-corrected chi connectivity index (χ3v) is 5.50. The van der Waals surface area contributed by atoms with Gasteiger partial charge in [0, 0.05) is 29.8 Å². The van der Waals surface area contributed by atoms with Gasteiger partial charge in [0.15, 0.2) is 0 Å². The highest BCUT2D eigenvalue weighted by Gasteiger charge is 2.36. The summed E-state index contributed by atoms with van der Waals surface area (Å²) in [5.74, 6) is 0.435. The molecule has 1 aliphatic rings. The summed E-state index contributed by atoms with van der Waals surface area (Å²) in [4.78, 5) is 37.3. The average molecular weight is 445 g/mol. The molecule has 2 aromatic heterocycles. The number of aryl methyl sites for hydroxylation is 1. The second-order valence-corrected chi connectivity index (χ2v) is 7.74. The van der Waals surface area contributed by atoms with Crippen LogP contribution in [0.4, 0.5) is 16.2 Å². The van der Waals surface area contributed by atoms with Gasteiger partial charge < -0.3 is 19.7 Å². The van der Waals surface area contributed by atoms with Gasteiger partial charge in [0.25, 0.3) is 5.69 Å². The van der Waals surface area contributed by atoms with E-state index in [1.54, 1.807) is 23.4 Å². The van der Waals surface area contributed by atoms with E-state index in [9.17, 15) is 14.9 Å². The minimum absolute atomic E-state index is 0.0724. The van der Waals surface area contributed by atoms with Gasteiger partial charge in [0.2, 0.25) is 11.7 Å². The van der Waals surface area contributed by atoms with E-state index in [1.165, 1.54) is 12.1 Å². The molecule has 1 aliphatic heterocycles. The minimum atomic E-state index is -0.550. The fourth-order valence-electron chi connectivity index (χ4n) is 3.75. The van der Waals surface area contributed by atoms with Gasteiger partial charge in [-0.25, -0.2) is 9.78 Å². The minimum Gasteiger partial charge on any atom is -0.347 e. The lowest BCUT2D eigenvalue weighted by molar-refractivity contribution is -0.384. The molecule has 2 N–H and O–H groups in total. The normalized spacial score (nSPS) is 15.2. The molecule has 0 saturated heterocycles. The molecule has 0 unspecified atom stereocenters. The number of nitro benzene ring substituents is 1. The Hall–Kier alpha value is -4.54. The third kappa shape index (κ3) is 4.03. The van der Waals surface area contributed by atoms with Crippen molar-refractivity contribution in [3.05, 3.63) is 87.8 Å². The van der Waals surface area contributed by atoms with Gasteiger partial charge >= 0.3 is 6.03 Å². The van der Waals surface area contributed by atoms with Crippen LogP contribution in [0.5, 0.6) is 0 Å². The lowest BCUT2D eigenvalue weighted by Gasteiger charge is -2.32. The maximum Gasteiger partial charge on any atom is 0.322 e. The molecular formula is C22H19N7O4. The van der Waals surface area contributed by atoms with E-state index >= 15 is 0 Å². The van der Waals surface area contributed by atoms with E-state index in [0.717, 1.165) is 17.0 Å².